The van der Waals surface area contributed by atoms with E-state index in [4.69, 9.17) is 27.9 Å². The van der Waals surface area contributed by atoms with Crippen LogP contribution in [0.2, 0.25) is 10.0 Å². The van der Waals surface area contributed by atoms with Crippen molar-refractivity contribution < 1.29 is 22.7 Å². The molecule has 40 heavy (non-hydrogen) atoms. The number of aryl methyl sites for hydroxylation is 4. The number of amides is 1. The second kappa shape index (κ2) is 12.5. The molecule has 0 saturated heterocycles. The Bertz CT molecular complexity index is 1650. The van der Waals surface area contributed by atoms with Gasteiger partial charge in [0.1, 0.15) is 17.2 Å². The maximum atomic E-state index is 13.2. The zero-order valence-electron chi connectivity index (χ0n) is 22.5. The lowest BCUT2D eigenvalue weighted by Gasteiger charge is -2.11. The van der Waals surface area contributed by atoms with E-state index in [0.29, 0.717) is 46.5 Å². The summed E-state index contributed by atoms with van der Waals surface area (Å²) in [5.41, 5.74) is 3.89. The molecular formula is C29H31Cl2N3O5S. The molecule has 0 saturated carbocycles. The van der Waals surface area contributed by atoms with E-state index in [-0.39, 0.29) is 23.9 Å². The number of benzene rings is 2. The fourth-order valence-corrected chi connectivity index (χ4v) is 5.99. The van der Waals surface area contributed by atoms with Crippen LogP contribution in [0.25, 0.3) is 10.9 Å². The first-order valence-corrected chi connectivity index (χ1v) is 15.4. The second-order valence-electron chi connectivity index (χ2n) is 9.77. The lowest BCUT2D eigenvalue weighted by atomic mass is 10.0. The normalized spacial score (nSPS) is 11.6. The zero-order chi connectivity index (χ0) is 29.0. The minimum atomic E-state index is -3.79. The van der Waals surface area contributed by atoms with E-state index in [9.17, 15) is 18.0 Å². The maximum absolute atomic E-state index is 13.2. The van der Waals surface area contributed by atoms with Crippen molar-refractivity contribution in [2.24, 2.45) is 7.05 Å². The number of carbonyl (C=O) groups is 2. The first-order chi connectivity index (χ1) is 18.9. The number of rotatable bonds is 12. The average Bonchev–Trinajstić information content (AvgIpc) is 3.47. The van der Waals surface area contributed by atoms with E-state index in [1.54, 1.807) is 42.1 Å². The van der Waals surface area contributed by atoms with Gasteiger partial charge in [-0.05, 0) is 79.8 Å². The van der Waals surface area contributed by atoms with Gasteiger partial charge in [-0.25, -0.2) is 8.42 Å². The van der Waals surface area contributed by atoms with Gasteiger partial charge >= 0.3 is 0 Å². The highest BCUT2D eigenvalue weighted by molar-refractivity contribution is 7.92. The Morgan fingerprint density at radius 3 is 2.48 bits per heavy atom. The second-order valence-corrected chi connectivity index (χ2v) is 12.8. The molecule has 11 heteroatoms. The third-order valence-corrected chi connectivity index (χ3v) is 8.98. The van der Waals surface area contributed by atoms with Gasteiger partial charge in [-0.2, -0.15) is 0 Å². The lowest BCUT2D eigenvalue weighted by molar-refractivity contribution is 0.0947. The van der Waals surface area contributed by atoms with Crippen LogP contribution >= 0.6 is 23.2 Å². The highest BCUT2D eigenvalue weighted by Crippen LogP contribution is 2.28. The molecule has 0 atom stereocenters. The van der Waals surface area contributed by atoms with Crippen LogP contribution in [0.3, 0.4) is 0 Å². The molecule has 4 aromatic rings. The number of ketones is 1. The molecule has 2 N–H and O–H groups in total. The fraction of sp³-hybridized carbons (Fsp3) is 0.310. The highest BCUT2D eigenvalue weighted by Gasteiger charge is 2.24. The number of halogens is 2. The van der Waals surface area contributed by atoms with Crippen molar-refractivity contribution in [2.75, 3.05) is 24.7 Å². The number of aromatic nitrogens is 2. The van der Waals surface area contributed by atoms with Gasteiger partial charge in [-0.3, -0.25) is 9.59 Å². The van der Waals surface area contributed by atoms with Gasteiger partial charge in [0.15, 0.2) is 15.6 Å². The summed E-state index contributed by atoms with van der Waals surface area (Å²) in [5.74, 6) is -1.24. The first-order valence-electron chi connectivity index (χ1n) is 12.8. The third kappa shape index (κ3) is 7.08. The van der Waals surface area contributed by atoms with Crippen molar-refractivity contribution in [1.82, 2.24) is 14.9 Å². The number of nitrogens with zero attached hydrogens (tertiary/aromatic N) is 1. The van der Waals surface area contributed by atoms with Gasteiger partial charge < -0.3 is 19.6 Å². The largest absolute Gasteiger partial charge is 0.494 e. The molecule has 0 aliphatic rings. The number of ether oxygens (including phenoxy) is 1. The molecule has 8 nitrogen and oxygen atoms in total. The van der Waals surface area contributed by atoms with Crippen molar-refractivity contribution in [1.29, 1.82) is 0 Å². The topological polar surface area (TPSA) is 110 Å². The molecule has 0 spiro atoms. The number of fused-ring (bicyclic) bond motifs is 1. The monoisotopic (exact) mass is 603 g/mol. The predicted octanol–water partition coefficient (Wildman–Crippen LogP) is 5.47. The van der Waals surface area contributed by atoms with Crippen molar-refractivity contribution in [2.45, 2.75) is 26.7 Å². The van der Waals surface area contributed by atoms with Gasteiger partial charge in [-0.1, -0.05) is 29.3 Å². The molecule has 4 rings (SSSR count). The SMILES string of the molecule is Cc1cc(OCCCc2c(C(=O)CS(=O)(=O)CCNC(=O)c3cccn3C)[nH]c3cc(Cl)ccc23)cc(C)c1Cl. The van der Waals surface area contributed by atoms with Crippen molar-refractivity contribution in [3.63, 3.8) is 0 Å². The molecule has 0 radical (unpaired) electrons. The summed E-state index contributed by atoms with van der Waals surface area (Å²) in [4.78, 5) is 28.6. The van der Waals surface area contributed by atoms with E-state index in [0.717, 1.165) is 22.1 Å². The van der Waals surface area contributed by atoms with E-state index in [1.165, 1.54) is 0 Å². The molecule has 1 amide bonds. The highest BCUT2D eigenvalue weighted by atomic mass is 35.5. The molecule has 212 valence electrons. The Kier molecular flexibility index (Phi) is 9.28. The van der Waals surface area contributed by atoms with Crippen LogP contribution in [0.15, 0.2) is 48.7 Å². The van der Waals surface area contributed by atoms with Crippen molar-refractivity contribution in [3.05, 3.63) is 86.8 Å². The molecule has 0 fully saturated rings. The van der Waals surface area contributed by atoms with Crippen molar-refractivity contribution >= 4 is 55.6 Å². The smallest absolute Gasteiger partial charge is 0.267 e. The molecule has 0 bridgehead atoms. The number of aromatic amines is 1. The number of carbonyl (C=O) groups excluding carboxylic acids is 2. The maximum Gasteiger partial charge on any atom is 0.267 e. The van der Waals surface area contributed by atoms with Crippen LogP contribution in [-0.2, 0) is 23.3 Å². The van der Waals surface area contributed by atoms with E-state index in [2.05, 4.69) is 10.3 Å². The minimum Gasteiger partial charge on any atom is -0.494 e. The summed E-state index contributed by atoms with van der Waals surface area (Å²) in [7, 11) is -2.07. The van der Waals surface area contributed by atoms with Gasteiger partial charge in [0.05, 0.1) is 18.1 Å². The third-order valence-electron chi connectivity index (χ3n) is 6.62. The molecule has 0 unspecified atom stereocenters. The van der Waals surface area contributed by atoms with E-state index in [1.807, 2.05) is 32.0 Å². The fourth-order valence-electron chi connectivity index (χ4n) is 4.61. The van der Waals surface area contributed by atoms with Crippen LogP contribution in [0, 0.1) is 13.8 Å². The summed E-state index contributed by atoms with van der Waals surface area (Å²) in [6.45, 7) is 4.13. The average molecular weight is 605 g/mol. The standard InChI is InChI=1S/C29H31Cl2N3O5S/c1-18-14-21(15-19(2)27(18)31)39-12-5-6-23-22-9-8-20(30)16-24(22)33-28(23)26(35)17-40(37,38)13-10-32-29(36)25-7-4-11-34(25)3/h4,7-9,11,14-16,33H,5-6,10,12-13,17H2,1-3H3,(H,32,36). The molecule has 2 aromatic carbocycles. The quantitative estimate of drug-likeness (QED) is 0.165. The summed E-state index contributed by atoms with van der Waals surface area (Å²) in [6.07, 6.45) is 2.80. The number of nitrogens with one attached hydrogen (secondary N) is 2. The number of H-pyrrole nitrogens is 1. The van der Waals surface area contributed by atoms with Gasteiger partial charge in [0.25, 0.3) is 5.91 Å². The molecule has 0 aliphatic carbocycles. The summed E-state index contributed by atoms with van der Waals surface area (Å²) in [5, 5.41) is 4.61. The summed E-state index contributed by atoms with van der Waals surface area (Å²) >= 11 is 12.4. The van der Waals surface area contributed by atoms with E-state index < -0.39 is 21.4 Å². The van der Waals surface area contributed by atoms with Gasteiger partial charge in [-0.15, -0.1) is 0 Å². The number of hydrogen-bond donors (Lipinski definition) is 2. The van der Waals surface area contributed by atoms with Crippen LogP contribution in [0.4, 0.5) is 0 Å². The van der Waals surface area contributed by atoms with Crippen LogP contribution in [-0.4, -0.2) is 54.3 Å². The Morgan fingerprint density at radius 2 is 1.80 bits per heavy atom. The van der Waals surface area contributed by atoms with Gasteiger partial charge in [0.2, 0.25) is 0 Å². The van der Waals surface area contributed by atoms with E-state index >= 15 is 0 Å². The van der Waals surface area contributed by atoms with Crippen LogP contribution < -0.4 is 10.1 Å². The first kappa shape index (κ1) is 29.7. The lowest BCUT2D eigenvalue weighted by Crippen LogP contribution is -2.32. The van der Waals surface area contributed by atoms with Crippen molar-refractivity contribution in [3.8, 4) is 5.75 Å². The van der Waals surface area contributed by atoms with Crippen LogP contribution in [0.5, 0.6) is 5.75 Å². The molecular weight excluding hydrogens is 573 g/mol. The predicted molar refractivity (Wildman–Crippen MR) is 159 cm³/mol. The zero-order valence-corrected chi connectivity index (χ0v) is 24.8. The summed E-state index contributed by atoms with van der Waals surface area (Å²) < 4.78 is 33.1. The van der Waals surface area contributed by atoms with Gasteiger partial charge in [0, 0.05) is 40.7 Å². The molecule has 2 aromatic heterocycles. The number of sulfone groups is 1. The Hall–Kier alpha value is -3.27. The molecule has 0 aliphatic heterocycles. The Morgan fingerprint density at radius 1 is 1.07 bits per heavy atom. The molecule has 2 heterocycles. The number of Topliss-reactive ketones (excluding diaryl/α,β-unsaturated/α-hetero) is 1. The number of hydrogen-bond acceptors (Lipinski definition) is 5. The Balaban J connectivity index is 1.42. The Labute approximate surface area is 243 Å². The van der Waals surface area contributed by atoms with Crippen LogP contribution in [0.1, 0.15) is 44.1 Å². The minimum absolute atomic E-state index is 0.101. The summed E-state index contributed by atoms with van der Waals surface area (Å²) in [6, 6.07) is 12.4.